The van der Waals surface area contributed by atoms with Crippen LogP contribution in [-0.2, 0) is 0 Å². The summed E-state index contributed by atoms with van der Waals surface area (Å²) >= 11 is 1.69. The Kier molecular flexibility index (Phi) is 2.82. The summed E-state index contributed by atoms with van der Waals surface area (Å²) in [4.78, 5) is 1.21. The molecule has 1 aromatic heterocycles. The Bertz CT molecular complexity index is 242. The van der Waals surface area contributed by atoms with E-state index in [9.17, 15) is 0 Å². The molecule has 0 aliphatic heterocycles. The SMILES string of the molecule is C=CC(NN)c1cc(C)cs1. The van der Waals surface area contributed by atoms with E-state index in [1.54, 1.807) is 17.4 Å². The number of nitrogens with one attached hydrogen (secondary N) is 1. The normalized spacial score (nSPS) is 12.9. The Morgan fingerprint density at radius 3 is 2.91 bits per heavy atom. The summed E-state index contributed by atoms with van der Waals surface area (Å²) in [6.07, 6.45) is 1.80. The monoisotopic (exact) mass is 168 g/mol. The molecule has 0 saturated carbocycles. The first kappa shape index (κ1) is 8.46. The van der Waals surface area contributed by atoms with Crippen molar-refractivity contribution in [3.05, 3.63) is 34.5 Å². The Morgan fingerprint density at radius 1 is 1.82 bits per heavy atom. The van der Waals surface area contributed by atoms with Crippen LogP contribution in [0.5, 0.6) is 0 Å². The molecule has 0 radical (unpaired) electrons. The van der Waals surface area contributed by atoms with E-state index in [1.807, 2.05) is 0 Å². The van der Waals surface area contributed by atoms with Crippen molar-refractivity contribution in [3.63, 3.8) is 0 Å². The Morgan fingerprint density at radius 2 is 2.55 bits per heavy atom. The molecule has 11 heavy (non-hydrogen) atoms. The summed E-state index contributed by atoms with van der Waals surface area (Å²) < 4.78 is 0. The number of hydrogen-bond acceptors (Lipinski definition) is 3. The number of aryl methyl sites for hydroxylation is 1. The van der Waals surface area contributed by atoms with Crippen LogP contribution in [0.4, 0.5) is 0 Å². The highest BCUT2D eigenvalue weighted by Gasteiger charge is 2.05. The van der Waals surface area contributed by atoms with E-state index in [2.05, 4.69) is 30.4 Å². The van der Waals surface area contributed by atoms with Gasteiger partial charge in [-0.3, -0.25) is 5.84 Å². The van der Waals surface area contributed by atoms with Gasteiger partial charge in [0.25, 0.3) is 0 Å². The molecule has 0 saturated heterocycles. The molecule has 3 N–H and O–H groups in total. The van der Waals surface area contributed by atoms with Gasteiger partial charge >= 0.3 is 0 Å². The quantitative estimate of drug-likeness (QED) is 0.410. The van der Waals surface area contributed by atoms with E-state index in [4.69, 9.17) is 5.84 Å². The van der Waals surface area contributed by atoms with Crippen molar-refractivity contribution in [1.29, 1.82) is 0 Å². The van der Waals surface area contributed by atoms with Gasteiger partial charge in [0, 0.05) is 4.88 Å². The van der Waals surface area contributed by atoms with Gasteiger partial charge in [0.2, 0.25) is 0 Å². The van der Waals surface area contributed by atoms with Crippen LogP contribution in [0.25, 0.3) is 0 Å². The van der Waals surface area contributed by atoms with Crippen LogP contribution in [0, 0.1) is 6.92 Å². The van der Waals surface area contributed by atoms with E-state index in [0.29, 0.717) is 0 Å². The molecule has 1 unspecified atom stereocenters. The minimum Gasteiger partial charge on any atom is -0.271 e. The van der Waals surface area contributed by atoms with Gasteiger partial charge in [-0.1, -0.05) is 6.08 Å². The maximum atomic E-state index is 5.31. The third-order valence-corrected chi connectivity index (χ3v) is 2.61. The number of rotatable bonds is 3. The van der Waals surface area contributed by atoms with E-state index < -0.39 is 0 Å². The van der Waals surface area contributed by atoms with Crippen molar-refractivity contribution in [1.82, 2.24) is 5.43 Å². The lowest BCUT2D eigenvalue weighted by Gasteiger charge is -2.06. The fraction of sp³-hybridized carbons (Fsp3) is 0.250. The fourth-order valence-corrected chi connectivity index (χ4v) is 1.84. The van der Waals surface area contributed by atoms with E-state index in [0.717, 1.165) is 0 Å². The van der Waals surface area contributed by atoms with Crippen LogP contribution in [0.2, 0.25) is 0 Å². The van der Waals surface area contributed by atoms with Crippen LogP contribution in [0.3, 0.4) is 0 Å². The number of thiophene rings is 1. The molecular weight excluding hydrogens is 156 g/mol. The summed E-state index contributed by atoms with van der Waals surface area (Å²) in [7, 11) is 0. The molecular formula is C8H12N2S. The number of hydrazine groups is 1. The molecule has 0 aromatic carbocycles. The minimum absolute atomic E-state index is 0.0914. The number of hydrogen-bond donors (Lipinski definition) is 2. The predicted octanol–water partition coefficient (Wildman–Crippen LogP) is 1.75. The average molecular weight is 168 g/mol. The topological polar surface area (TPSA) is 38.0 Å². The van der Waals surface area contributed by atoms with Crippen LogP contribution >= 0.6 is 11.3 Å². The highest BCUT2D eigenvalue weighted by molar-refractivity contribution is 7.10. The zero-order valence-corrected chi connectivity index (χ0v) is 7.32. The molecule has 1 heterocycles. The van der Waals surface area contributed by atoms with Gasteiger partial charge in [-0.15, -0.1) is 17.9 Å². The van der Waals surface area contributed by atoms with Crippen LogP contribution in [-0.4, -0.2) is 0 Å². The average Bonchev–Trinajstić information content (AvgIpc) is 2.39. The molecule has 1 atom stereocenters. The van der Waals surface area contributed by atoms with E-state index in [-0.39, 0.29) is 6.04 Å². The van der Waals surface area contributed by atoms with Gasteiger partial charge in [-0.2, -0.15) is 0 Å². The molecule has 3 heteroatoms. The molecule has 1 aromatic rings. The number of nitrogens with two attached hydrogens (primary N) is 1. The van der Waals surface area contributed by atoms with Crippen molar-refractivity contribution >= 4 is 11.3 Å². The maximum absolute atomic E-state index is 5.31. The van der Waals surface area contributed by atoms with Gasteiger partial charge in [-0.05, 0) is 23.9 Å². The summed E-state index contributed by atoms with van der Waals surface area (Å²) in [5, 5.41) is 2.10. The van der Waals surface area contributed by atoms with Crippen molar-refractivity contribution < 1.29 is 0 Å². The highest BCUT2D eigenvalue weighted by atomic mass is 32.1. The Labute approximate surface area is 70.7 Å². The smallest absolute Gasteiger partial charge is 0.0730 e. The molecule has 0 bridgehead atoms. The Balaban J connectivity index is 2.81. The van der Waals surface area contributed by atoms with Gasteiger partial charge in [0.1, 0.15) is 0 Å². The largest absolute Gasteiger partial charge is 0.271 e. The van der Waals surface area contributed by atoms with Gasteiger partial charge in [-0.25, -0.2) is 5.43 Å². The third-order valence-electron chi connectivity index (χ3n) is 1.47. The van der Waals surface area contributed by atoms with Crippen molar-refractivity contribution in [3.8, 4) is 0 Å². The summed E-state index contributed by atoms with van der Waals surface area (Å²) in [5.74, 6) is 5.31. The Hall–Kier alpha value is -0.640. The standard InChI is InChI=1S/C8H12N2S/c1-3-7(10-9)8-4-6(2)5-11-8/h3-5,7,10H,1,9H2,2H3. The van der Waals surface area contributed by atoms with E-state index in [1.165, 1.54) is 10.4 Å². The lowest BCUT2D eigenvalue weighted by atomic mass is 10.2. The molecule has 0 fully saturated rings. The van der Waals surface area contributed by atoms with Crippen LogP contribution < -0.4 is 11.3 Å². The van der Waals surface area contributed by atoms with Crippen molar-refractivity contribution in [2.24, 2.45) is 5.84 Å². The van der Waals surface area contributed by atoms with E-state index >= 15 is 0 Å². The molecule has 0 aliphatic rings. The van der Waals surface area contributed by atoms with Crippen LogP contribution in [0.1, 0.15) is 16.5 Å². The molecule has 0 amide bonds. The zero-order valence-electron chi connectivity index (χ0n) is 6.50. The maximum Gasteiger partial charge on any atom is 0.0730 e. The molecule has 0 aliphatic carbocycles. The minimum atomic E-state index is 0.0914. The highest BCUT2D eigenvalue weighted by Crippen LogP contribution is 2.21. The predicted molar refractivity (Wildman–Crippen MR) is 49.3 cm³/mol. The zero-order chi connectivity index (χ0) is 8.27. The first-order chi connectivity index (χ1) is 5.27. The molecule has 2 nitrogen and oxygen atoms in total. The lowest BCUT2D eigenvalue weighted by Crippen LogP contribution is -2.25. The van der Waals surface area contributed by atoms with Gasteiger partial charge < -0.3 is 0 Å². The summed E-state index contributed by atoms with van der Waals surface area (Å²) in [5.41, 5.74) is 3.94. The second-order valence-electron chi connectivity index (χ2n) is 2.41. The molecule has 60 valence electrons. The second kappa shape index (κ2) is 3.67. The molecule has 1 rings (SSSR count). The van der Waals surface area contributed by atoms with Crippen LogP contribution in [0.15, 0.2) is 24.1 Å². The summed E-state index contributed by atoms with van der Waals surface area (Å²) in [6, 6.07) is 2.20. The summed E-state index contributed by atoms with van der Waals surface area (Å²) in [6.45, 7) is 5.75. The first-order valence-electron chi connectivity index (χ1n) is 3.41. The lowest BCUT2D eigenvalue weighted by molar-refractivity contribution is 0.666. The molecule has 0 spiro atoms. The van der Waals surface area contributed by atoms with Gasteiger partial charge in [0.05, 0.1) is 6.04 Å². The second-order valence-corrected chi connectivity index (χ2v) is 3.35. The van der Waals surface area contributed by atoms with Crippen molar-refractivity contribution in [2.45, 2.75) is 13.0 Å². The fourth-order valence-electron chi connectivity index (χ4n) is 0.883. The van der Waals surface area contributed by atoms with Crippen molar-refractivity contribution in [2.75, 3.05) is 0 Å². The van der Waals surface area contributed by atoms with Gasteiger partial charge in [0.15, 0.2) is 0 Å². The third kappa shape index (κ3) is 1.89. The first-order valence-corrected chi connectivity index (χ1v) is 4.29.